The fourth-order valence-electron chi connectivity index (χ4n) is 1.63. The van der Waals surface area contributed by atoms with Crippen LogP contribution in [0.15, 0.2) is 24.3 Å². The summed E-state index contributed by atoms with van der Waals surface area (Å²) in [5.74, 6) is -0.289. The van der Waals surface area contributed by atoms with E-state index in [9.17, 15) is 9.18 Å². The molecule has 0 aliphatic rings. The molecule has 1 N–H and O–H groups in total. The zero-order valence-corrected chi connectivity index (χ0v) is 11.5. The number of carbonyl (C=O) groups excluding carboxylic acids is 1. The number of urea groups is 1. The van der Waals surface area contributed by atoms with Crippen LogP contribution in [0.2, 0.25) is 0 Å². The Balaban J connectivity index is 2.28. The quantitative estimate of drug-likeness (QED) is 0.771. The van der Waals surface area contributed by atoms with Gasteiger partial charge in [0.05, 0.1) is 0 Å². The summed E-state index contributed by atoms with van der Waals surface area (Å²) in [7, 11) is 1.68. The molecule has 5 heteroatoms. The van der Waals surface area contributed by atoms with E-state index in [4.69, 9.17) is 4.74 Å². The molecule has 0 saturated heterocycles. The third-order valence-corrected chi connectivity index (χ3v) is 2.60. The number of amides is 2. The minimum atomic E-state index is -0.289. The van der Waals surface area contributed by atoms with Crippen molar-refractivity contribution in [3.05, 3.63) is 35.6 Å². The van der Waals surface area contributed by atoms with Gasteiger partial charge in [-0.05, 0) is 31.0 Å². The van der Waals surface area contributed by atoms with E-state index >= 15 is 0 Å². The number of nitrogens with zero attached hydrogens (tertiary/aromatic N) is 1. The van der Waals surface area contributed by atoms with Gasteiger partial charge in [-0.3, -0.25) is 0 Å². The van der Waals surface area contributed by atoms with Crippen molar-refractivity contribution >= 4 is 6.03 Å². The Morgan fingerprint density at radius 1 is 1.47 bits per heavy atom. The first-order chi connectivity index (χ1) is 9.13. The molecule has 0 saturated carbocycles. The fourth-order valence-corrected chi connectivity index (χ4v) is 1.63. The zero-order valence-electron chi connectivity index (χ0n) is 11.5. The maximum atomic E-state index is 13.0. The molecule has 1 rings (SSSR count). The average Bonchev–Trinajstić information content (AvgIpc) is 2.38. The summed E-state index contributed by atoms with van der Waals surface area (Å²) in [6, 6.07) is 6.08. The highest BCUT2D eigenvalue weighted by molar-refractivity contribution is 5.73. The van der Waals surface area contributed by atoms with Crippen LogP contribution in [0.25, 0.3) is 0 Å². The normalized spacial score (nSPS) is 10.3. The van der Waals surface area contributed by atoms with Crippen molar-refractivity contribution < 1.29 is 13.9 Å². The molecule has 0 spiro atoms. The number of hydrogen-bond donors (Lipinski definition) is 1. The van der Waals surface area contributed by atoms with Crippen LogP contribution in [-0.4, -0.2) is 37.7 Å². The third kappa shape index (κ3) is 6.20. The molecular weight excluding hydrogens is 247 g/mol. The summed E-state index contributed by atoms with van der Waals surface area (Å²) in [5.41, 5.74) is 0.770. The standard InChI is InChI=1S/C14H21FN2O2/c1-3-19-9-5-8-16-14(18)17(2)11-12-6-4-7-13(15)10-12/h4,6-7,10H,3,5,8-9,11H2,1-2H3,(H,16,18). The van der Waals surface area contributed by atoms with Crippen molar-refractivity contribution in [2.45, 2.75) is 19.9 Å². The maximum absolute atomic E-state index is 13.0. The lowest BCUT2D eigenvalue weighted by atomic mass is 10.2. The van der Waals surface area contributed by atoms with Crippen molar-refractivity contribution in [1.82, 2.24) is 10.2 Å². The third-order valence-electron chi connectivity index (χ3n) is 2.60. The first-order valence-corrected chi connectivity index (χ1v) is 6.44. The van der Waals surface area contributed by atoms with Gasteiger partial charge < -0.3 is 15.0 Å². The fraction of sp³-hybridized carbons (Fsp3) is 0.500. The molecule has 0 aromatic heterocycles. The molecule has 2 amide bonds. The molecule has 0 unspecified atom stereocenters. The number of rotatable bonds is 7. The van der Waals surface area contributed by atoms with Crippen LogP contribution in [0.3, 0.4) is 0 Å². The Morgan fingerprint density at radius 2 is 2.26 bits per heavy atom. The second-order valence-electron chi connectivity index (χ2n) is 4.27. The van der Waals surface area contributed by atoms with Gasteiger partial charge in [-0.25, -0.2) is 9.18 Å². The highest BCUT2D eigenvalue weighted by Gasteiger charge is 2.08. The lowest BCUT2D eigenvalue weighted by Gasteiger charge is -2.18. The summed E-state index contributed by atoms with van der Waals surface area (Å²) in [6.07, 6.45) is 0.785. The average molecular weight is 268 g/mol. The van der Waals surface area contributed by atoms with Crippen molar-refractivity contribution in [3.8, 4) is 0 Å². The van der Waals surface area contributed by atoms with Crippen molar-refractivity contribution in [2.75, 3.05) is 26.8 Å². The van der Waals surface area contributed by atoms with E-state index in [-0.39, 0.29) is 11.8 Å². The molecule has 0 bridgehead atoms. The van der Waals surface area contributed by atoms with Gasteiger partial charge in [-0.15, -0.1) is 0 Å². The summed E-state index contributed by atoms with van der Waals surface area (Å²) in [4.78, 5) is 13.3. The Labute approximate surface area is 113 Å². The van der Waals surface area contributed by atoms with E-state index in [1.165, 1.54) is 17.0 Å². The second-order valence-corrected chi connectivity index (χ2v) is 4.27. The molecule has 0 radical (unpaired) electrons. The number of nitrogens with one attached hydrogen (secondary N) is 1. The van der Waals surface area contributed by atoms with Crippen molar-refractivity contribution in [2.24, 2.45) is 0 Å². The van der Waals surface area contributed by atoms with Crippen LogP contribution in [0, 0.1) is 5.82 Å². The minimum absolute atomic E-state index is 0.166. The Bertz CT molecular complexity index is 399. The van der Waals surface area contributed by atoms with E-state index in [1.54, 1.807) is 19.2 Å². The Morgan fingerprint density at radius 3 is 2.95 bits per heavy atom. The van der Waals surface area contributed by atoms with E-state index in [2.05, 4.69) is 5.32 Å². The molecule has 0 atom stereocenters. The van der Waals surface area contributed by atoms with Gasteiger partial charge in [-0.1, -0.05) is 12.1 Å². The predicted octanol–water partition coefficient (Wildman–Crippen LogP) is 2.39. The van der Waals surface area contributed by atoms with Crippen LogP contribution < -0.4 is 5.32 Å². The van der Waals surface area contributed by atoms with E-state index in [0.717, 1.165) is 12.0 Å². The van der Waals surface area contributed by atoms with E-state index < -0.39 is 0 Å². The number of benzene rings is 1. The molecule has 4 nitrogen and oxygen atoms in total. The maximum Gasteiger partial charge on any atom is 0.317 e. The molecular formula is C14H21FN2O2. The first kappa shape index (κ1) is 15.4. The monoisotopic (exact) mass is 268 g/mol. The molecule has 1 aromatic carbocycles. The van der Waals surface area contributed by atoms with Crippen molar-refractivity contribution in [1.29, 1.82) is 0 Å². The molecule has 19 heavy (non-hydrogen) atoms. The molecule has 0 fully saturated rings. The van der Waals surface area contributed by atoms with E-state index in [1.807, 2.05) is 6.92 Å². The molecule has 0 heterocycles. The lowest BCUT2D eigenvalue weighted by Crippen LogP contribution is -2.37. The minimum Gasteiger partial charge on any atom is -0.382 e. The molecule has 0 aliphatic heterocycles. The van der Waals surface area contributed by atoms with Gasteiger partial charge in [-0.2, -0.15) is 0 Å². The van der Waals surface area contributed by atoms with Gasteiger partial charge in [0, 0.05) is 33.4 Å². The number of hydrogen-bond acceptors (Lipinski definition) is 2. The number of ether oxygens (including phenoxy) is 1. The smallest absolute Gasteiger partial charge is 0.317 e. The highest BCUT2D eigenvalue weighted by Crippen LogP contribution is 2.06. The van der Waals surface area contributed by atoms with Crippen LogP contribution >= 0.6 is 0 Å². The Kier molecular flexibility index (Phi) is 6.89. The summed E-state index contributed by atoms with van der Waals surface area (Å²) >= 11 is 0. The van der Waals surface area contributed by atoms with Gasteiger partial charge >= 0.3 is 6.03 Å². The van der Waals surface area contributed by atoms with Crippen LogP contribution in [0.1, 0.15) is 18.9 Å². The van der Waals surface area contributed by atoms with Gasteiger partial charge in [0.15, 0.2) is 0 Å². The zero-order chi connectivity index (χ0) is 14.1. The van der Waals surface area contributed by atoms with Crippen LogP contribution in [0.4, 0.5) is 9.18 Å². The van der Waals surface area contributed by atoms with Gasteiger partial charge in [0.1, 0.15) is 5.82 Å². The Hall–Kier alpha value is -1.62. The largest absolute Gasteiger partial charge is 0.382 e. The lowest BCUT2D eigenvalue weighted by molar-refractivity contribution is 0.144. The summed E-state index contributed by atoms with van der Waals surface area (Å²) in [5, 5.41) is 2.79. The van der Waals surface area contributed by atoms with Crippen molar-refractivity contribution in [3.63, 3.8) is 0 Å². The summed E-state index contributed by atoms with van der Waals surface area (Å²) < 4.78 is 18.2. The van der Waals surface area contributed by atoms with Gasteiger partial charge in [0.25, 0.3) is 0 Å². The summed E-state index contributed by atoms with van der Waals surface area (Å²) in [6.45, 7) is 4.23. The van der Waals surface area contributed by atoms with Gasteiger partial charge in [0.2, 0.25) is 0 Å². The number of carbonyl (C=O) groups is 1. The highest BCUT2D eigenvalue weighted by atomic mass is 19.1. The second kappa shape index (κ2) is 8.48. The molecule has 0 aliphatic carbocycles. The molecule has 106 valence electrons. The first-order valence-electron chi connectivity index (χ1n) is 6.44. The molecule has 1 aromatic rings. The van der Waals surface area contributed by atoms with Crippen LogP contribution in [-0.2, 0) is 11.3 Å². The van der Waals surface area contributed by atoms with E-state index in [0.29, 0.717) is 26.3 Å². The predicted molar refractivity (Wildman–Crippen MR) is 72.4 cm³/mol. The SMILES string of the molecule is CCOCCCNC(=O)N(C)Cc1cccc(F)c1. The topological polar surface area (TPSA) is 41.6 Å². The van der Waals surface area contributed by atoms with Crippen LogP contribution in [0.5, 0.6) is 0 Å². The number of halogens is 1.